The summed E-state index contributed by atoms with van der Waals surface area (Å²) in [6.07, 6.45) is -0.529. The van der Waals surface area contributed by atoms with Crippen LogP contribution in [0.1, 0.15) is 15.9 Å². The molecule has 0 atom stereocenters. The van der Waals surface area contributed by atoms with Crippen LogP contribution in [0.15, 0.2) is 43.2 Å². The van der Waals surface area contributed by atoms with E-state index in [1.54, 1.807) is 0 Å². The maximum absolute atomic E-state index is 12.8. The fourth-order valence-corrected chi connectivity index (χ4v) is 1.95. The minimum atomic E-state index is -4.57. The van der Waals surface area contributed by atoms with Crippen molar-refractivity contribution in [2.24, 2.45) is 0 Å². The second-order valence-corrected chi connectivity index (χ2v) is 5.02. The number of amides is 1. The first kappa shape index (κ1) is 17.7. The molecule has 9 heteroatoms. The molecular weight excluding hydrogens is 345 g/mol. The lowest BCUT2D eigenvalue weighted by Gasteiger charge is -2.11. The Kier molecular flexibility index (Phi) is 5.40. The summed E-state index contributed by atoms with van der Waals surface area (Å²) >= 11 is 5.55. The Balaban J connectivity index is 2.14. The van der Waals surface area contributed by atoms with Gasteiger partial charge in [-0.15, -0.1) is 6.58 Å². The van der Waals surface area contributed by atoms with Crippen LogP contribution < -0.4 is 10.6 Å². The van der Waals surface area contributed by atoms with Gasteiger partial charge in [-0.2, -0.15) is 13.2 Å². The molecule has 126 valence electrons. The SMILES string of the molecule is C=CCNC(=O)c1cnc(Nc2ccc(Cl)c(C(F)(F)F)c2)nc1. The van der Waals surface area contributed by atoms with Crippen LogP contribution in [0.25, 0.3) is 0 Å². The molecule has 0 aliphatic heterocycles. The number of anilines is 2. The van der Waals surface area contributed by atoms with Crippen LogP contribution in [0, 0.1) is 0 Å². The Hall–Kier alpha value is -2.61. The smallest absolute Gasteiger partial charge is 0.348 e. The third-order valence-corrected chi connectivity index (χ3v) is 3.18. The van der Waals surface area contributed by atoms with Gasteiger partial charge in [0.1, 0.15) is 0 Å². The highest BCUT2D eigenvalue weighted by Crippen LogP contribution is 2.36. The van der Waals surface area contributed by atoms with E-state index >= 15 is 0 Å². The van der Waals surface area contributed by atoms with Crippen LogP contribution in [0.2, 0.25) is 5.02 Å². The average Bonchev–Trinajstić information content (AvgIpc) is 2.54. The number of rotatable bonds is 5. The first-order valence-electron chi connectivity index (χ1n) is 6.66. The lowest BCUT2D eigenvalue weighted by atomic mass is 10.2. The van der Waals surface area contributed by atoms with Gasteiger partial charge in [-0.3, -0.25) is 4.79 Å². The third kappa shape index (κ3) is 4.45. The summed E-state index contributed by atoms with van der Waals surface area (Å²) < 4.78 is 38.4. The second kappa shape index (κ2) is 7.31. The number of alkyl halides is 3. The van der Waals surface area contributed by atoms with E-state index in [1.165, 1.54) is 24.5 Å². The van der Waals surface area contributed by atoms with Crippen LogP contribution in [0.3, 0.4) is 0 Å². The molecule has 0 bridgehead atoms. The highest BCUT2D eigenvalue weighted by molar-refractivity contribution is 6.31. The Labute approximate surface area is 140 Å². The quantitative estimate of drug-likeness (QED) is 0.799. The predicted octanol–water partition coefficient (Wildman–Crippen LogP) is 3.81. The highest BCUT2D eigenvalue weighted by atomic mass is 35.5. The minimum Gasteiger partial charge on any atom is -0.348 e. The number of aromatic nitrogens is 2. The molecule has 0 radical (unpaired) electrons. The Morgan fingerprint density at radius 1 is 1.29 bits per heavy atom. The Morgan fingerprint density at radius 2 is 1.96 bits per heavy atom. The predicted molar refractivity (Wildman–Crippen MR) is 84.3 cm³/mol. The molecule has 0 aliphatic carbocycles. The standard InChI is InChI=1S/C15H12ClF3N4O/c1-2-5-20-13(24)9-7-21-14(22-8-9)23-10-3-4-12(16)11(6-10)15(17,18)19/h2-4,6-8H,1,5H2,(H,20,24)(H,21,22,23). The maximum atomic E-state index is 12.8. The van der Waals surface area contributed by atoms with Crippen LogP contribution in [0.5, 0.6) is 0 Å². The zero-order valence-corrected chi connectivity index (χ0v) is 12.9. The van der Waals surface area contributed by atoms with Crippen LogP contribution in [-0.2, 0) is 6.18 Å². The van der Waals surface area contributed by atoms with Crippen LogP contribution >= 0.6 is 11.6 Å². The molecule has 24 heavy (non-hydrogen) atoms. The van der Waals surface area contributed by atoms with Gasteiger partial charge in [-0.05, 0) is 18.2 Å². The fourth-order valence-electron chi connectivity index (χ4n) is 1.73. The number of carbonyl (C=O) groups excluding carboxylic acids is 1. The van der Waals surface area contributed by atoms with E-state index < -0.39 is 16.8 Å². The van der Waals surface area contributed by atoms with Crippen molar-refractivity contribution in [2.75, 3.05) is 11.9 Å². The van der Waals surface area contributed by atoms with E-state index in [2.05, 4.69) is 27.2 Å². The van der Waals surface area contributed by atoms with Gasteiger partial charge in [0.05, 0.1) is 16.1 Å². The topological polar surface area (TPSA) is 66.9 Å². The van der Waals surface area contributed by atoms with Crippen molar-refractivity contribution in [1.29, 1.82) is 0 Å². The lowest BCUT2D eigenvalue weighted by molar-refractivity contribution is -0.137. The monoisotopic (exact) mass is 356 g/mol. The zero-order valence-electron chi connectivity index (χ0n) is 12.2. The van der Waals surface area contributed by atoms with Gasteiger partial charge in [-0.1, -0.05) is 17.7 Å². The summed E-state index contributed by atoms with van der Waals surface area (Å²) in [4.78, 5) is 19.5. The normalized spacial score (nSPS) is 11.0. The summed E-state index contributed by atoms with van der Waals surface area (Å²) in [5.41, 5.74) is -0.625. The first-order valence-corrected chi connectivity index (χ1v) is 7.04. The molecule has 0 saturated carbocycles. The van der Waals surface area contributed by atoms with E-state index in [0.717, 1.165) is 12.1 Å². The number of hydrogen-bond donors (Lipinski definition) is 2. The highest BCUT2D eigenvalue weighted by Gasteiger charge is 2.33. The number of nitrogens with one attached hydrogen (secondary N) is 2. The molecule has 1 heterocycles. The lowest BCUT2D eigenvalue weighted by Crippen LogP contribution is -2.23. The maximum Gasteiger partial charge on any atom is 0.417 e. The summed E-state index contributed by atoms with van der Waals surface area (Å²) in [7, 11) is 0. The zero-order chi connectivity index (χ0) is 17.7. The molecule has 0 spiro atoms. The average molecular weight is 357 g/mol. The number of nitrogens with zero attached hydrogens (tertiary/aromatic N) is 2. The van der Waals surface area contributed by atoms with Crippen LogP contribution in [-0.4, -0.2) is 22.4 Å². The molecule has 5 nitrogen and oxygen atoms in total. The molecule has 2 aromatic rings. The van der Waals surface area contributed by atoms with E-state index in [-0.39, 0.29) is 23.1 Å². The van der Waals surface area contributed by atoms with Crippen molar-refractivity contribution in [1.82, 2.24) is 15.3 Å². The van der Waals surface area contributed by atoms with Gasteiger partial charge in [0.15, 0.2) is 0 Å². The van der Waals surface area contributed by atoms with E-state index in [9.17, 15) is 18.0 Å². The minimum absolute atomic E-state index is 0.0470. The third-order valence-electron chi connectivity index (χ3n) is 2.85. The van der Waals surface area contributed by atoms with E-state index in [1.807, 2.05) is 0 Å². The van der Waals surface area contributed by atoms with Gasteiger partial charge >= 0.3 is 6.18 Å². The summed E-state index contributed by atoms with van der Waals surface area (Å²) in [6, 6.07) is 3.35. The van der Waals surface area contributed by atoms with Crippen molar-refractivity contribution in [2.45, 2.75) is 6.18 Å². The molecule has 0 fully saturated rings. The van der Waals surface area contributed by atoms with Crippen molar-refractivity contribution in [3.63, 3.8) is 0 Å². The van der Waals surface area contributed by atoms with Gasteiger partial charge < -0.3 is 10.6 Å². The Bertz CT molecular complexity index is 747. The molecule has 0 saturated heterocycles. The summed E-state index contributed by atoms with van der Waals surface area (Å²) in [5, 5.41) is 4.78. The van der Waals surface area contributed by atoms with Gasteiger partial charge in [0, 0.05) is 24.6 Å². The van der Waals surface area contributed by atoms with Crippen molar-refractivity contribution < 1.29 is 18.0 Å². The van der Waals surface area contributed by atoms with E-state index in [4.69, 9.17) is 11.6 Å². The second-order valence-electron chi connectivity index (χ2n) is 4.61. The first-order chi connectivity index (χ1) is 11.3. The van der Waals surface area contributed by atoms with Crippen molar-refractivity contribution in [3.8, 4) is 0 Å². The Morgan fingerprint density at radius 3 is 2.54 bits per heavy atom. The number of carbonyl (C=O) groups is 1. The summed E-state index contributed by atoms with van der Waals surface area (Å²) in [5.74, 6) is -0.335. The molecule has 0 unspecified atom stereocenters. The van der Waals surface area contributed by atoms with Gasteiger partial charge in [-0.25, -0.2) is 9.97 Å². The summed E-state index contributed by atoms with van der Waals surface area (Å²) in [6.45, 7) is 3.77. The largest absolute Gasteiger partial charge is 0.417 e. The molecule has 0 aliphatic rings. The van der Waals surface area contributed by atoms with E-state index in [0.29, 0.717) is 6.54 Å². The number of benzene rings is 1. The molecule has 1 amide bonds. The van der Waals surface area contributed by atoms with Gasteiger partial charge in [0.25, 0.3) is 5.91 Å². The fraction of sp³-hybridized carbons (Fsp3) is 0.133. The van der Waals surface area contributed by atoms with Crippen molar-refractivity contribution in [3.05, 3.63) is 59.4 Å². The molecule has 1 aromatic carbocycles. The molecule has 1 aromatic heterocycles. The van der Waals surface area contributed by atoms with Gasteiger partial charge in [0.2, 0.25) is 5.95 Å². The molecule has 2 rings (SSSR count). The van der Waals surface area contributed by atoms with Crippen molar-refractivity contribution >= 4 is 29.1 Å². The molecular formula is C15H12ClF3N4O. The van der Waals surface area contributed by atoms with Crippen LogP contribution in [0.4, 0.5) is 24.8 Å². The number of hydrogen-bond acceptors (Lipinski definition) is 4. The number of halogens is 4. The molecule has 2 N–H and O–H groups in total.